The van der Waals surface area contributed by atoms with Crippen LogP contribution in [0.4, 0.5) is 0 Å². The maximum atomic E-state index is 11.6. The molecule has 0 heterocycles. The van der Waals surface area contributed by atoms with E-state index in [2.05, 4.69) is 6.92 Å². The van der Waals surface area contributed by atoms with Crippen LogP contribution in [-0.4, -0.2) is 31.3 Å². The highest BCUT2D eigenvalue weighted by molar-refractivity contribution is 5.79. The van der Waals surface area contributed by atoms with Crippen molar-refractivity contribution in [3.05, 3.63) is 24.3 Å². The van der Waals surface area contributed by atoms with E-state index in [4.69, 9.17) is 19.9 Å². The summed E-state index contributed by atoms with van der Waals surface area (Å²) in [5.41, 5.74) is 4.89. The lowest BCUT2D eigenvalue weighted by Gasteiger charge is -2.22. The van der Waals surface area contributed by atoms with E-state index in [1.54, 1.807) is 13.8 Å². The van der Waals surface area contributed by atoms with Crippen LogP contribution in [0, 0.1) is 0 Å². The fourth-order valence-electron chi connectivity index (χ4n) is 1.63. The zero-order chi connectivity index (χ0) is 15.7. The average molecular weight is 295 g/mol. The largest absolute Gasteiger partial charge is 0.494 e. The summed E-state index contributed by atoms with van der Waals surface area (Å²) in [6.07, 6.45) is 1.36. The maximum Gasteiger partial charge on any atom is 0.325 e. The Morgan fingerprint density at radius 3 is 2.10 bits per heavy atom. The van der Waals surface area contributed by atoms with Gasteiger partial charge in [-0.05, 0) is 44.5 Å². The fraction of sp³-hybridized carbons (Fsp3) is 0.562. The molecular weight excluding hydrogens is 270 g/mol. The van der Waals surface area contributed by atoms with Crippen LogP contribution in [0.15, 0.2) is 24.3 Å². The fourth-order valence-corrected chi connectivity index (χ4v) is 1.63. The molecule has 5 heteroatoms. The zero-order valence-corrected chi connectivity index (χ0v) is 13.1. The minimum absolute atomic E-state index is 0.325. The van der Waals surface area contributed by atoms with Gasteiger partial charge in [-0.2, -0.15) is 0 Å². The molecule has 0 bridgehead atoms. The van der Waals surface area contributed by atoms with Crippen LogP contribution in [0.1, 0.15) is 33.6 Å². The second-order valence-corrected chi connectivity index (χ2v) is 5.06. The highest BCUT2D eigenvalue weighted by Crippen LogP contribution is 2.18. The van der Waals surface area contributed by atoms with Gasteiger partial charge in [0.05, 0.1) is 19.8 Å². The molecule has 0 fully saturated rings. The molecule has 1 atom stereocenters. The van der Waals surface area contributed by atoms with Crippen LogP contribution in [0.5, 0.6) is 11.5 Å². The summed E-state index contributed by atoms with van der Waals surface area (Å²) in [5, 5.41) is 0. The number of hydrogen-bond acceptors (Lipinski definition) is 5. The molecule has 0 radical (unpaired) electrons. The standard InChI is InChI=1S/C16H25NO4/c1-4-11-20-13-6-8-14(9-7-13)21-12-10-16(3,17)15(18)19-5-2/h6-9H,4-5,10-12,17H2,1-3H3. The molecule has 21 heavy (non-hydrogen) atoms. The van der Waals surface area contributed by atoms with Crippen molar-refractivity contribution in [1.82, 2.24) is 0 Å². The van der Waals surface area contributed by atoms with Gasteiger partial charge in [0.25, 0.3) is 0 Å². The van der Waals surface area contributed by atoms with Crippen molar-refractivity contribution in [2.45, 2.75) is 39.2 Å². The molecule has 0 spiro atoms. The summed E-state index contributed by atoms with van der Waals surface area (Å²) in [5.74, 6) is 1.13. The SMILES string of the molecule is CCCOc1ccc(OCCC(C)(N)C(=O)OCC)cc1. The number of hydrogen-bond donors (Lipinski definition) is 1. The Kier molecular flexibility index (Phi) is 7.02. The Labute approximate surface area is 126 Å². The second-order valence-electron chi connectivity index (χ2n) is 5.06. The van der Waals surface area contributed by atoms with E-state index in [9.17, 15) is 4.79 Å². The van der Waals surface area contributed by atoms with Crippen LogP contribution in [0.25, 0.3) is 0 Å². The van der Waals surface area contributed by atoms with Gasteiger partial charge >= 0.3 is 5.97 Å². The number of ether oxygens (including phenoxy) is 3. The second kappa shape index (κ2) is 8.52. The average Bonchev–Trinajstić information content (AvgIpc) is 2.46. The molecule has 0 aromatic heterocycles. The van der Waals surface area contributed by atoms with Gasteiger partial charge in [-0.1, -0.05) is 6.92 Å². The van der Waals surface area contributed by atoms with Gasteiger partial charge in [-0.3, -0.25) is 4.79 Å². The Morgan fingerprint density at radius 2 is 1.62 bits per heavy atom. The Bertz CT molecular complexity index is 428. The van der Waals surface area contributed by atoms with Crippen LogP contribution < -0.4 is 15.2 Å². The lowest BCUT2D eigenvalue weighted by atomic mass is 10.0. The van der Waals surface area contributed by atoms with Crippen LogP contribution in [0.3, 0.4) is 0 Å². The minimum Gasteiger partial charge on any atom is -0.494 e. The molecule has 0 aliphatic rings. The van der Waals surface area contributed by atoms with Gasteiger partial charge in [0.15, 0.2) is 0 Å². The highest BCUT2D eigenvalue weighted by atomic mass is 16.5. The normalized spacial score (nSPS) is 13.3. The highest BCUT2D eigenvalue weighted by Gasteiger charge is 2.29. The molecule has 5 nitrogen and oxygen atoms in total. The molecule has 0 saturated carbocycles. The van der Waals surface area contributed by atoms with E-state index in [-0.39, 0.29) is 0 Å². The first-order chi connectivity index (χ1) is 9.99. The first-order valence-corrected chi connectivity index (χ1v) is 7.31. The van der Waals surface area contributed by atoms with Crippen molar-refractivity contribution in [2.75, 3.05) is 19.8 Å². The number of carbonyl (C=O) groups is 1. The predicted molar refractivity (Wildman–Crippen MR) is 81.6 cm³/mol. The summed E-state index contributed by atoms with van der Waals surface area (Å²) >= 11 is 0. The summed E-state index contributed by atoms with van der Waals surface area (Å²) in [7, 11) is 0. The van der Waals surface area contributed by atoms with Gasteiger partial charge in [0, 0.05) is 6.42 Å². The molecule has 1 aromatic carbocycles. The van der Waals surface area contributed by atoms with Crippen molar-refractivity contribution < 1.29 is 19.0 Å². The number of nitrogens with two attached hydrogens (primary N) is 1. The van der Waals surface area contributed by atoms with E-state index in [0.717, 1.165) is 17.9 Å². The van der Waals surface area contributed by atoms with Crippen LogP contribution in [-0.2, 0) is 9.53 Å². The van der Waals surface area contributed by atoms with Gasteiger partial charge in [0.2, 0.25) is 0 Å². The van der Waals surface area contributed by atoms with Gasteiger partial charge < -0.3 is 19.9 Å². The number of esters is 1. The Hall–Kier alpha value is -1.75. The lowest BCUT2D eigenvalue weighted by molar-refractivity contribution is -0.149. The predicted octanol–water partition coefficient (Wildman–Crippen LogP) is 2.52. The van der Waals surface area contributed by atoms with Crippen molar-refractivity contribution >= 4 is 5.97 Å². The van der Waals surface area contributed by atoms with Gasteiger partial charge in [0.1, 0.15) is 17.0 Å². The molecule has 1 aromatic rings. The quantitative estimate of drug-likeness (QED) is 0.709. The monoisotopic (exact) mass is 295 g/mol. The molecule has 0 saturated heterocycles. The minimum atomic E-state index is -1.03. The van der Waals surface area contributed by atoms with E-state index < -0.39 is 11.5 Å². The molecular formula is C16H25NO4. The van der Waals surface area contributed by atoms with Gasteiger partial charge in [-0.15, -0.1) is 0 Å². The van der Waals surface area contributed by atoms with Crippen molar-refractivity contribution in [3.63, 3.8) is 0 Å². The number of carbonyl (C=O) groups excluding carboxylic acids is 1. The summed E-state index contributed by atoms with van der Waals surface area (Å²) < 4.78 is 16.0. The molecule has 1 rings (SSSR count). The smallest absolute Gasteiger partial charge is 0.325 e. The first-order valence-electron chi connectivity index (χ1n) is 7.31. The number of rotatable bonds is 9. The zero-order valence-electron chi connectivity index (χ0n) is 13.1. The van der Waals surface area contributed by atoms with E-state index in [0.29, 0.717) is 26.2 Å². The van der Waals surface area contributed by atoms with E-state index >= 15 is 0 Å². The summed E-state index contributed by atoms with van der Waals surface area (Å²) in [4.78, 5) is 11.6. The third kappa shape index (κ3) is 6.04. The third-order valence-corrected chi connectivity index (χ3v) is 2.93. The number of benzene rings is 1. The maximum absolute atomic E-state index is 11.6. The molecule has 2 N–H and O–H groups in total. The summed E-state index contributed by atoms with van der Waals surface area (Å²) in [6, 6.07) is 7.39. The van der Waals surface area contributed by atoms with Crippen molar-refractivity contribution in [2.24, 2.45) is 5.73 Å². The lowest BCUT2D eigenvalue weighted by Crippen LogP contribution is -2.47. The van der Waals surface area contributed by atoms with E-state index in [1.165, 1.54) is 0 Å². The molecule has 1 unspecified atom stereocenters. The molecule has 0 aliphatic heterocycles. The van der Waals surface area contributed by atoms with Crippen LogP contribution >= 0.6 is 0 Å². The third-order valence-electron chi connectivity index (χ3n) is 2.93. The molecule has 118 valence electrons. The van der Waals surface area contributed by atoms with Crippen LogP contribution in [0.2, 0.25) is 0 Å². The van der Waals surface area contributed by atoms with E-state index in [1.807, 2.05) is 24.3 Å². The van der Waals surface area contributed by atoms with Crippen molar-refractivity contribution in [3.8, 4) is 11.5 Å². The molecule has 0 amide bonds. The Morgan fingerprint density at radius 1 is 1.10 bits per heavy atom. The summed E-state index contributed by atoms with van der Waals surface area (Å²) in [6.45, 7) is 6.84. The van der Waals surface area contributed by atoms with Crippen molar-refractivity contribution in [1.29, 1.82) is 0 Å². The first kappa shape index (κ1) is 17.3. The Balaban J connectivity index is 2.39. The van der Waals surface area contributed by atoms with Gasteiger partial charge in [-0.25, -0.2) is 0 Å². The topological polar surface area (TPSA) is 70.8 Å². The molecule has 0 aliphatic carbocycles.